The maximum absolute atomic E-state index is 11.7. The molecule has 1 atom stereocenters. The highest BCUT2D eigenvalue weighted by Gasteiger charge is 2.11. The average molecular weight is 246 g/mol. The van der Waals surface area contributed by atoms with Gasteiger partial charge in [0.05, 0.1) is 6.04 Å². The number of rotatable bonds is 4. The zero-order valence-corrected chi connectivity index (χ0v) is 9.96. The minimum absolute atomic E-state index is 0.208. The predicted molar refractivity (Wildman–Crippen MR) is 66.6 cm³/mol. The van der Waals surface area contributed by atoms with Crippen LogP contribution in [0.1, 0.15) is 13.3 Å². The Morgan fingerprint density at radius 3 is 3.06 bits per heavy atom. The van der Waals surface area contributed by atoms with E-state index in [2.05, 4.69) is 15.5 Å². The third kappa shape index (κ3) is 2.72. The first kappa shape index (κ1) is 12.3. The molecule has 0 unspecified atom stereocenters. The van der Waals surface area contributed by atoms with Gasteiger partial charge in [0.1, 0.15) is 0 Å². The normalized spacial score (nSPS) is 12.1. The van der Waals surface area contributed by atoms with Crippen LogP contribution in [0.2, 0.25) is 0 Å². The first-order valence-electron chi connectivity index (χ1n) is 5.63. The van der Waals surface area contributed by atoms with Crippen LogP contribution in [-0.2, 0) is 4.79 Å². The summed E-state index contributed by atoms with van der Waals surface area (Å²) >= 11 is 0. The number of nitrogens with two attached hydrogens (primary N) is 1. The Bertz CT molecular complexity index is 525. The Balaban J connectivity index is 2.16. The van der Waals surface area contributed by atoms with Crippen LogP contribution >= 0.6 is 0 Å². The number of aromatic nitrogens is 2. The van der Waals surface area contributed by atoms with Gasteiger partial charge in [0.15, 0.2) is 0 Å². The molecule has 1 heterocycles. The first-order valence-corrected chi connectivity index (χ1v) is 5.63. The first-order chi connectivity index (χ1) is 8.70. The lowest BCUT2D eigenvalue weighted by atomic mass is 10.2. The molecular formula is C12H14N4O2. The summed E-state index contributed by atoms with van der Waals surface area (Å²) in [6.45, 7) is 1.86. The molecule has 0 spiro atoms. The van der Waals surface area contributed by atoms with Gasteiger partial charge in [-0.15, -0.1) is 10.2 Å². The van der Waals surface area contributed by atoms with E-state index in [4.69, 9.17) is 10.2 Å². The van der Waals surface area contributed by atoms with Crippen molar-refractivity contribution in [2.75, 3.05) is 5.32 Å². The molecule has 0 saturated heterocycles. The minimum atomic E-state index is -0.503. The van der Waals surface area contributed by atoms with Crippen molar-refractivity contribution in [3.63, 3.8) is 0 Å². The molecule has 0 aliphatic heterocycles. The number of hydrogen-bond acceptors (Lipinski definition) is 5. The third-order valence-electron chi connectivity index (χ3n) is 2.51. The fourth-order valence-electron chi connectivity index (χ4n) is 1.45. The average Bonchev–Trinajstić information content (AvgIpc) is 2.92. The molecule has 2 aromatic rings. The molecule has 0 saturated carbocycles. The van der Waals surface area contributed by atoms with Crippen molar-refractivity contribution >= 4 is 11.6 Å². The summed E-state index contributed by atoms with van der Waals surface area (Å²) in [5.41, 5.74) is 7.04. The van der Waals surface area contributed by atoms with Crippen molar-refractivity contribution < 1.29 is 9.21 Å². The van der Waals surface area contributed by atoms with Gasteiger partial charge in [-0.05, 0) is 24.6 Å². The fourth-order valence-corrected chi connectivity index (χ4v) is 1.45. The summed E-state index contributed by atoms with van der Waals surface area (Å²) in [6.07, 6.45) is 1.85. The Morgan fingerprint density at radius 2 is 2.39 bits per heavy atom. The maximum Gasteiger partial charge on any atom is 0.247 e. The van der Waals surface area contributed by atoms with Gasteiger partial charge in [-0.25, -0.2) is 0 Å². The van der Waals surface area contributed by atoms with Gasteiger partial charge in [-0.1, -0.05) is 13.0 Å². The summed E-state index contributed by atoms with van der Waals surface area (Å²) in [7, 11) is 0. The zero-order valence-electron chi connectivity index (χ0n) is 9.96. The summed E-state index contributed by atoms with van der Waals surface area (Å²) in [5.74, 6) is 0.200. The van der Waals surface area contributed by atoms with Crippen molar-refractivity contribution in [2.24, 2.45) is 5.73 Å². The van der Waals surface area contributed by atoms with Gasteiger partial charge in [0.2, 0.25) is 18.2 Å². The molecule has 0 aliphatic rings. The molecule has 0 radical (unpaired) electrons. The number of carbonyl (C=O) groups is 1. The van der Waals surface area contributed by atoms with Crippen LogP contribution in [0.25, 0.3) is 11.5 Å². The largest absolute Gasteiger partial charge is 0.423 e. The molecule has 3 N–H and O–H groups in total. The summed E-state index contributed by atoms with van der Waals surface area (Å²) in [6, 6.07) is 6.65. The molecule has 1 amide bonds. The van der Waals surface area contributed by atoms with Crippen molar-refractivity contribution in [1.29, 1.82) is 0 Å². The number of carbonyl (C=O) groups excluding carboxylic acids is 1. The molecule has 6 heteroatoms. The smallest absolute Gasteiger partial charge is 0.247 e. The standard InChI is InChI=1S/C12H14N4O2/c1-2-10(13)11(17)15-9-5-3-4-8(6-9)12-16-14-7-18-12/h3-7,10H,2,13H2,1H3,(H,15,17)/t10-/m0/s1. The Morgan fingerprint density at radius 1 is 1.56 bits per heavy atom. The quantitative estimate of drug-likeness (QED) is 0.850. The minimum Gasteiger partial charge on any atom is -0.423 e. The SMILES string of the molecule is CC[C@H](N)C(=O)Nc1cccc(-c2nnco2)c1. The second-order valence-electron chi connectivity index (χ2n) is 3.83. The van der Waals surface area contributed by atoms with E-state index in [0.29, 0.717) is 18.0 Å². The van der Waals surface area contributed by atoms with E-state index < -0.39 is 6.04 Å². The number of nitrogens with one attached hydrogen (secondary N) is 1. The molecule has 6 nitrogen and oxygen atoms in total. The van der Waals surface area contributed by atoms with Crippen LogP contribution in [0, 0.1) is 0 Å². The molecule has 1 aromatic carbocycles. The monoisotopic (exact) mass is 246 g/mol. The molecular weight excluding hydrogens is 232 g/mol. The van der Waals surface area contributed by atoms with E-state index in [9.17, 15) is 4.79 Å². The highest BCUT2D eigenvalue weighted by molar-refractivity contribution is 5.95. The van der Waals surface area contributed by atoms with Crippen molar-refractivity contribution in [3.8, 4) is 11.5 Å². The van der Waals surface area contributed by atoms with E-state index in [-0.39, 0.29) is 5.91 Å². The van der Waals surface area contributed by atoms with Gasteiger partial charge in [0, 0.05) is 11.3 Å². The second-order valence-corrected chi connectivity index (χ2v) is 3.83. The predicted octanol–water partition coefficient (Wildman–Crippen LogP) is 1.41. The molecule has 2 rings (SSSR count). The van der Waals surface area contributed by atoms with Crippen LogP contribution in [0.5, 0.6) is 0 Å². The van der Waals surface area contributed by atoms with E-state index >= 15 is 0 Å². The lowest BCUT2D eigenvalue weighted by molar-refractivity contribution is -0.117. The lowest BCUT2D eigenvalue weighted by Gasteiger charge is -2.10. The van der Waals surface area contributed by atoms with Crippen LogP contribution in [0.15, 0.2) is 35.1 Å². The third-order valence-corrected chi connectivity index (χ3v) is 2.51. The van der Waals surface area contributed by atoms with E-state index in [1.807, 2.05) is 13.0 Å². The van der Waals surface area contributed by atoms with Crippen LogP contribution in [0.4, 0.5) is 5.69 Å². The van der Waals surface area contributed by atoms with Crippen LogP contribution in [-0.4, -0.2) is 22.1 Å². The van der Waals surface area contributed by atoms with Gasteiger partial charge in [-0.3, -0.25) is 4.79 Å². The molecule has 0 aliphatic carbocycles. The number of hydrogen-bond donors (Lipinski definition) is 2. The van der Waals surface area contributed by atoms with Crippen molar-refractivity contribution in [2.45, 2.75) is 19.4 Å². The van der Waals surface area contributed by atoms with E-state index in [0.717, 1.165) is 5.56 Å². The topological polar surface area (TPSA) is 94.0 Å². The Labute approximate surface area is 104 Å². The summed E-state index contributed by atoms with van der Waals surface area (Å²) in [4.78, 5) is 11.7. The highest BCUT2D eigenvalue weighted by atomic mass is 16.4. The van der Waals surface area contributed by atoms with Crippen LogP contribution in [0.3, 0.4) is 0 Å². The summed E-state index contributed by atoms with van der Waals surface area (Å²) in [5, 5.41) is 10.2. The van der Waals surface area contributed by atoms with E-state index in [1.54, 1.807) is 18.2 Å². The molecule has 94 valence electrons. The maximum atomic E-state index is 11.7. The van der Waals surface area contributed by atoms with Crippen LogP contribution < -0.4 is 11.1 Å². The van der Waals surface area contributed by atoms with Gasteiger partial charge >= 0.3 is 0 Å². The number of nitrogens with zero attached hydrogens (tertiary/aromatic N) is 2. The van der Waals surface area contributed by atoms with Gasteiger partial charge in [-0.2, -0.15) is 0 Å². The van der Waals surface area contributed by atoms with E-state index in [1.165, 1.54) is 6.39 Å². The molecule has 18 heavy (non-hydrogen) atoms. The highest BCUT2D eigenvalue weighted by Crippen LogP contribution is 2.20. The lowest BCUT2D eigenvalue weighted by Crippen LogP contribution is -2.34. The molecule has 0 bridgehead atoms. The number of amides is 1. The van der Waals surface area contributed by atoms with Crippen molar-refractivity contribution in [1.82, 2.24) is 10.2 Å². The number of anilines is 1. The van der Waals surface area contributed by atoms with Crippen molar-refractivity contribution in [3.05, 3.63) is 30.7 Å². The zero-order chi connectivity index (χ0) is 13.0. The summed E-state index contributed by atoms with van der Waals surface area (Å²) < 4.78 is 5.09. The fraction of sp³-hybridized carbons (Fsp3) is 0.250. The second kappa shape index (κ2) is 5.42. The van der Waals surface area contributed by atoms with Gasteiger partial charge < -0.3 is 15.5 Å². The number of benzene rings is 1. The Kier molecular flexibility index (Phi) is 3.69. The molecule has 1 aromatic heterocycles. The molecule has 0 fully saturated rings. The van der Waals surface area contributed by atoms with Gasteiger partial charge in [0.25, 0.3) is 0 Å². The Hall–Kier alpha value is -2.21.